The van der Waals surface area contributed by atoms with Crippen LogP contribution in [0, 0.1) is 0 Å². The summed E-state index contributed by atoms with van der Waals surface area (Å²) in [6, 6.07) is 16.8. The number of pyridine rings is 1. The molecule has 1 N–H and O–H groups in total. The van der Waals surface area contributed by atoms with Gasteiger partial charge in [0.1, 0.15) is 0 Å². The molecule has 1 aromatic heterocycles. The van der Waals surface area contributed by atoms with E-state index in [1.54, 1.807) is 13.2 Å². The van der Waals surface area contributed by atoms with Crippen LogP contribution in [0.1, 0.15) is 21.5 Å². The zero-order chi connectivity index (χ0) is 15.3. The van der Waals surface area contributed by atoms with E-state index in [-0.39, 0.29) is 5.91 Å². The molecule has 0 radical (unpaired) electrons. The largest absolute Gasteiger partial charge is 0.363 e. The molecule has 1 aliphatic heterocycles. The number of fused-ring (bicyclic) bond motifs is 3. The van der Waals surface area contributed by atoms with Crippen LogP contribution in [-0.4, -0.2) is 27.9 Å². The van der Waals surface area contributed by atoms with Crippen molar-refractivity contribution < 1.29 is 9.90 Å². The first-order valence-corrected chi connectivity index (χ1v) is 7.08. The van der Waals surface area contributed by atoms with Gasteiger partial charge in [0.25, 0.3) is 5.91 Å². The van der Waals surface area contributed by atoms with Gasteiger partial charge in [0, 0.05) is 29.8 Å². The van der Waals surface area contributed by atoms with Gasteiger partial charge in [-0.3, -0.25) is 9.78 Å². The second-order valence-electron chi connectivity index (χ2n) is 5.47. The maximum atomic E-state index is 12.6. The number of carbonyl (C=O) groups excluding carboxylic acids is 1. The Morgan fingerprint density at radius 1 is 1.05 bits per heavy atom. The van der Waals surface area contributed by atoms with Gasteiger partial charge >= 0.3 is 0 Å². The predicted molar refractivity (Wildman–Crippen MR) is 83.3 cm³/mol. The molecule has 1 aliphatic rings. The highest BCUT2D eigenvalue weighted by Crippen LogP contribution is 2.43. The standard InChI is InChI=1S/C18H14N2O2/c1-20-17(21)14-11-19-15-10-6-5-9-13(15)16(14)18(20,22)12-7-3-2-4-8-12/h2-11,22H,1H3/t18-/m1/s1. The Morgan fingerprint density at radius 3 is 2.50 bits per heavy atom. The van der Waals surface area contributed by atoms with E-state index in [2.05, 4.69) is 4.98 Å². The third-order valence-corrected chi connectivity index (χ3v) is 4.32. The van der Waals surface area contributed by atoms with Crippen molar-refractivity contribution in [3.63, 3.8) is 0 Å². The average molecular weight is 290 g/mol. The number of aliphatic hydroxyl groups is 1. The molecule has 1 amide bonds. The summed E-state index contributed by atoms with van der Waals surface area (Å²) in [4.78, 5) is 18.3. The van der Waals surface area contributed by atoms with Crippen LogP contribution in [-0.2, 0) is 5.72 Å². The van der Waals surface area contributed by atoms with Crippen molar-refractivity contribution in [3.05, 3.63) is 77.5 Å². The minimum absolute atomic E-state index is 0.223. The van der Waals surface area contributed by atoms with Crippen molar-refractivity contribution >= 4 is 16.8 Å². The maximum absolute atomic E-state index is 12.6. The molecule has 4 rings (SSSR count). The molecule has 0 bridgehead atoms. The highest BCUT2D eigenvalue weighted by Gasteiger charge is 2.49. The third kappa shape index (κ3) is 1.50. The monoisotopic (exact) mass is 290 g/mol. The molecule has 4 heteroatoms. The first-order valence-electron chi connectivity index (χ1n) is 7.08. The van der Waals surface area contributed by atoms with Crippen LogP contribution >= 0.6 is 0 Å². The summed E-state index contributed by atoms with van der Waals surface area (Å²) < 4.78 is 0. The van der Waals surface area contributed by atoms with Crippen molar-refractivity contribution in [2.45, 2.75) is 5.72 Å². The van der Waals surface area contributed by atoms with Crippen molar-refractivity contribution in [1.82, 2.24) is 9.88 Å². The SMILES string of the molecule is CN1C(=O)c2cnc3ccccc3c2[C@]1(O)c1ccccc1. The molecule has 2 heterocycles. The highest BCUT2D eigenvalue weighted by molar-refractivity contribution is 6.05. The van der Waals surface area contributed by atoms with Crippen LogP contribution in [0.2, 0.25) is 0 Å². The van der Waals surface area contributed by atoms with Crippen LogP contribution < -0.4 is 0 Å². The summed E-state index contributed by atoms with van der Waals surface area (Å²) in [5.74, 6) is -0.223. The first-order chi connectivity index (χ1) is 10.6. The molecule has 3 aromatic rings. The fraction of sp³-hybridized carbons (Fsp3) is 0.111. The summed E-state index contributed by atoms with van der Waals surface area (Å²) in [6.45, 7) is 0. The van der Waals surface area contributed by atoms with E-state index < -0.39 is 5.72 Å². The van der Waals surface area contributed by atoms with E-state index in [4.69, 9.17) is 0 Å². The Kier molecular flexibility index (Phi) is 2.59. The number of benzene rings is 2. The number of aromatic nitrogens is 1. The maximum Gasteiger partial charge on any atom is 0.258 e. The Balaban J connectivity index is 2.12. The van der Waals surface area contributed by atoms with Crippen molar-refractivity contribution in [2.75, 3.05) is 7.05 Å². The van der Waals surface area contributed by atoms with Crippen LogP contribution in [0.4, 0.5) is 0 Å². The summed E-state index contributed by atoms with van der Waals surface area (Å²) >= 11 is 0. The number of hydrogen-bond acceptors (Lipinski definition) is 3. The number of nitrogens with zero attached hydrogens (tertiary/aromatic N) is 2. The van der Waals surface area contributed by atoms with Gasteiger partial charge in [0.15, 0.2) is 5.72 Å². The van der Waals surface area contributed by atoms with E-state index in [1.165, 1.54) is 4.90 Å². The quantitative estimate of drug-likeness (QED) is 0.749. The Bertz CT molecular complexity index is 892. The van der Waals surface area contributed by atoms with Crippen molar-refractivity contribution in [3.8, 4) is 0 Å². The Labute approximate surface area is 127 Å². The predicted octanol–water partition coefficient (Wildman–Crippen LogP) is 2.51. The van der Waals surface area contributed by atoms with Gasteiger partial charge in [-0.2, -0.15) is 0 Å². The minimum Gasteiger partial charge on any atom is -0.363 e. The molecular formula is C18H14N2O2. The topological polar surface area (TPSA) is 53.4 Å². The lowest BCUT2D eigenvalue weighted by Gasteiger charge is -2.32. The van der Waals surface area contributed by atoms with E-state index in [1.807, 2.05) is 54.6 Å². The lowest BCUT2D eigenvalue weighted by molar-refractivity contribution is -0.0359. The van der Waals surface area contributed by atoms with Gasteiger partial charge in [-0.05, 0) is 6.07 Å². The van der Waals surface area contributed by atoms with Crippen LogP contribution in [0.3, 0.4) is 0 Å². The average Bonchev–Trinajstić information content (AvgIpc) is 2.78. The molecule has 0 saturated carbocycles. The molecule has 0 unspecified atom stereocenters. The van der Waals surface area contributed by atoms with Gasteiger partial charge in [-0.1, -0.05) is 48.5 Å². The van der Waals surface area contributed by atoms with Crippen LogP contribution in [0.25, 0.3) is 10.9 Å². The van der Waals surface area contributed by atoms with Crippen molar-refractivity contribution in [1.29, 1.82) is 0 Å². The van der Waals surface area contributed by atoms with E-state index in [0.29, 0.717) is 16.7 Å². The van der Waals surface area contributed by atoms with Gasteiger partial charge in [0.05, 0.1) is 11.1 Å². The summed E-state index contributed by atoms with van der Waals surface area (Å²) in [7, 11) is 1.62. The molecule has 1 atom stereocenters. The van der Waals surface area contributed by atoms with E-state index in [0.717, 1.165) is 10.9 Å². The smallest absolute Gasteiger partial charge is 0.258 e. The summed E-state index contributed by atoms with van der Waals surface area (Å²) in [5, 5.41) is 12.2. The number of para-hydroxylation sites is 1. The summed E-state index contributed by atoms with van der Waals surface area (Å²) in [5.41, 5.74) is 1.01. The molecule has 108 valence electrons. The summed E-state index contributed by atoms with van der Waals surface area (Å²) in [6.07, 6.45) is 1.55. The highest BCUT2D eigenvalue weighted by atomic mass is 16.3. The van der Waals surface area contributed by atoms with Gasteiger partial charge < -0.3 is 10.0 Å². The van der Waals surface area contributed by atoms with Crippen LogP contribution in [0.15, 0.2) is 60.8 Å². The molecule has 0 saturated heterocycles. The van der Waals surface area contributed by atoms with Crippen LogP contribution in [0.5, 0.6) is 0 Å². The van der Waals surface area contributed by atoms with Crippen molar-refractivity contribution in [2.24, 2.45) is 0 Å². The second-order valence-corrected chi connectivity index (χ2v) is 5.47. The number of carbonyl (C=O) groups is 1. The molecule has 2 aromatic carbocycles. The lowest BCUT2D eigenvalue weighted by Crippen LogP contribution is -2.41. The zero-order valence-corrected chi connectivity index (χ0v) is 12.0. The minimum atomic E-state index is -1.48. The number of rotatable bonds is 1. The number of hydrogen-bond donors (Lipinski definition) is 1. The Morgan fingerprint density at radius 2 is 1.73 bits per heavy atom. The molecular weight excluding hydrogens is 276 g/mol. The van der Waals surface area contributed by atoms with Gasteiger partial charge in [-0.25, -0.2) is 0 Å². The molecule has 0 aliphatic carbocycles. The molecule has 0 spiro atoms. The fourth-order valence-electron chi connectivity index (χ4n) is 3.18. The van der Waals surface area contributed by atoms with Gasteiger partial charge in [-0.15, -0.1) is 0 Å². The first kappa shape index (κ1) is 13.0. The number of amides is 1. The van der Waals surface area contributed by atoms with E-state index >= 15 is 0 Å². The zero-order valence-electron chi connectivity index (χ0n) is 12.0. The lowest BCUT2D eigenvalue weighted by atomic mass is 9.91. The fourth-order valence-corrected chi connectivity index (χ4v) is 3.18. The van der Waals surface area contributed by atoms with Gasteiger partial charge in [0.2, 0.25) is 0 Å². The van der Waals surface area contributed by atoms with E-state index in [9.17, 15) is 9.90 Å². The molecule has 4 nitrogen and oxygen atoms in total. The molecule has 22 heavy (non-hydrogen) atoms. The Hall–Kier alpha value is -2.72. The second kappa shape index (κ2) is 4.39. The molecule has 0 fully saturated rings. The normalized spacial score (nSPS) is 20.5. The third-order valence-electron chi connectivity index (χ3n) is 4.32.